The molecule has 0 unspecified atom stereocenters. The minimum atomic E-state index is -0.600. The van der Waals surface area contributed by atoms with Crippen LogP contribution in [0.5, 0.6) is 0 Å². The van der Waals surface area contributed by atoms with Gasteiger partial charge >= 0.3 is 5.76 Å². The average Bonchev–Trinajstić information content (AvgIpc) is 3.36. The summed E-state index contributed by atoms with van der Waals surface area (Å²) < 4.78 is 6.18. The van der Waals surface area contributed by atoms with Crippen molar-refractivity contribution in [2.75, 3.05) is 0 Å². The largest absolute Gasteiger partial charge is 0.439 e. The Bertz CT molecular complexity index is 1700. The van der Waals surface area contributed by atoms with E-state index in [0.717, 1.165) is 46.4 Å². The Balaban J connectivity index is 1.52. The number of rotatable bonds is 8. The molecule has 192 valence electrons. The maximum Gasteiger partial charge on any atom is 0.439 e. The number of H-pyrrole nitrogens is 1. The van der Waals surface area contributed by atoms with Crippen molar-refractivity contribution in [3.63, 3.8) is 0 Å². The monoisotopic (exact) mass is 526 g/mol. The molecule has 5 rings (SSSR count). The number of benzene rings is 3. The lowest BCUT2D eigenvalue weighted by Crippen LogP contribution is -2.27. The maximum atomic E-state index is 13.8. The van der Waals surface area contributed by atoms with Crippen LogP contribution in [0.2, 0.25) is 5.28 Å². The second-order valence-corrected chi connectivity index (χ2v) is 9.59. The Morgan fingerprint density at radius 3 is 2.42 bits per heavy atom. The van der Waals surface area contributed by atoms with Crippen molar-refractivity contribution in [1.29, 1.82) is 0 Å². The number of hydrogen-bond acceptors (Lipinski definition) is 5. The van der Waals surface area contributed by atoms with E-state index in [1.165, 1.54) is 4.57 Å². The smallest absolute Gasteiger partial charge is 0.296 e. The first-order chi connectivity index (χ1) is 18.4. The quantitative estimate of drug-likeness (QED) is 0.245. The van der Waals surface area contributed by atoms with E-state index in [0.29, 0.717) is 29.9 Å². The van der Waals surface area contributed by atoms with Gasteiger partial charge in [-0.05, 0) is 65.8 Å². The molecule has 5 aromatic rings. The summed E-state index contributed by atoms with van der Waals surface area (Å²) in [6, 6.07) is 23.3. The van der Waals surface area contributed by atoms with Crippen LogP contribution >= 0.6 is 11.6 Å². The van der Waals surface area contributed by atoms with Gasteiger partial charge in [0.15, 0.2) is 5.82 Å². The molecule has 3 aromatic carbocycles. The van der Waals surface area contributed by atoms with E-state index in [2.05, 4.69) is 22.0 Å². The standard InChI is InChI=1S/C30H27ClN4O3/c1-3-4-12-26-25(28(36)35(29(31)32-26)22-9-7-8-19(2)17-22)18-20-13-15-21(16-14-20)23-10-5-6-11-24(23)27-33-30(37)38-34-27/h5-11,13-17H,3-4,12,18H2,1-2H3,(H,33,34,37). The third kappa shape index (κ3) is 5.24. The van der Waals surface area contributed by atoms with E-state index < -0.39 is 5.76 Å². The summed E-state index contributed by atoms with van der Waals surface area (Å²) >= 11 is 6.55. The van der Waals surface area contributed by atoms with Gasteiger partial charge in [-0.2, -0.15) is 0 Å². The molecule has 0 aliphatic carbocycles. The van der Waals surface area contributed by atoms with Crippen LogP contribution in [0.15, 0.2) is 86.9 Å². The van der Waals surface area contributed by atoms with Crippen molar-refractivity contribution < 1.29 is 4.52 Å². The molecule has 0 saturated carbocycles. The van der Waals surface area contributed by atoms with E-state index in [1.54, 1.807) is 0 Å². The van der Waals surface area contributed by atoms with E-state index in [-0.39, 0.29) is 10.8 Å². The highest BCUT2D eigenvalue weighted by Crippen LogP contribution is 2.30. The molecule has 0 amide bonds. The van der Waals surface area contributed by atoms with Crippen LogP contribution in [-0.2, 0) is 12.8 Å². The molecule has 2 aromatic heterocycles. The summed E-state index contributed by atoms with van der Waals surface area (Å²) in [5, 5.41) is 4.01. The van der Waals surface area contributed by atoms with E-state index in [4.69, 9.17) is 16.1 Å². The minimum Gasteiger partial charge on any atom is -0.296 e. The van der Waals surface area contributed by atoms with E-state index >= 15 is 0 Å². The molecule has 0 bridgehead atoms. The summed E-state index contributed by atoms with van der Waals surface area (Å²) in [6.07, 6.45) is 3.04. The molecule has 1 N–H and O–H groups in total. The Kier molecular flexibility index (Phi) is 7.38. The third-order valence-corrected chi connectivity index (χ3v) is 6.77. The average molecular weight is 527 g/mol. The van der Waals surface area contributed by atoms with Crippen molar-refractivity contribution in [3.8, 4) is 28.2 Å². The van der Waals surface area contributed by atoms with Crippen LogP contribution in [0.3, 0.4) is 0 Å². The van der Waals surface area contributed by atoms with E-state index in [1.807, 2.05) is 79.7 Å². The molecule has 0 aliphatic rings. The Labute approximate surface area is 224 Å². The summed E-state index contributed by atoms with van der Waals surface area (Å²) in [5.41, 5.74) is 6.58. The van der Waals surface area contributed by atoms with Gasteiger partial charge in [0.1, 0.15) is 0 Å². The lowest BCUT2D eigenvalue weighted by molar-refractivity contribution is 0.388. The molecular formula is C30H27ClN4O3. The summed E-state index contributed by atoms with van der Waals surface area (Å²) in [6.45, 7) is 4.09. The number of aryl methyl sites for hydroxylation is 2. The molecule has 0 aliphatic heterocycles. The number of aromatic amines is 1. The number of aromatic nitrogens is 4. The van der Waals surface area contributed by atoms with Crippen LogP contribution in [-0.4, -0.2) is 19.7 Å². The highest BCUT2D eigenvalue weighted by atomic mass is 35.5. The molecule has 0 fully saturated rings. The van der Waals surface area contributed by atoms with Gasteiger partial charge in [-0.3, -0.25) is 18.9 Å². The van der Waals surface area contributed by atoms with Gasteiger partial charge in [-0.1, -0.05) is 79.2 Å². The molecule has 38 heavy (non-hydrogen) atoms. The number of hydrogen-bond donors (Lipinski definition) is 1. The maximum absolute atomic E-state index is 13.8. The fourth-order valence-electron chi connectivity index (χ4n) is 4.58. The van der Waals surface area contributed by atoms with Crippen LogP contribution in [0, 0.1) is 6.92 Å². The van der Waals surface area contributed by atoms with E-state index in [9.17, 15) is 9.59 Å². The fourth-order valence-corrected chi connectivity index (χ4v) is 4.86. The topological polar surface area (TPSA) is 93.8 Å². The normalized spacial score (nSPS) is 11.1. The molecule has 0 radical (unpaired) electrons. The first kappa shape index (κ1) is 25.4. The molecule has 7 nitrogen and oxygen atoms in total. The van der Waals surface area contributed by atoms with Gasteiger partial charge in [-0.15, -0.1) is 0 Å². The van der Waals surface area contributed by atoms with Crippen molar-refractivity contribution in [2.24, 2.45) is 0 Å². The number of nitrogens with zero attached hydrogens (tertiary/aromatic N) is 3. The zero-order valence-corrected chi connectivity index (χ0v) is 22.0. The van der Waals surface area contributed by atoms with Crippen molar-refractivity contribution in [2.45, 2.75) is 39.5 Å². The highest BCUT2D eigenvalue weighted by Gasteiger charge is 2.18. The summed E-state index contributed by atoms with van der Waals surface area (Å²) in [4.78, 5) is 32.5. The van der Waals surface area contributed by atoms with Gasteiger partial charge in [0, 0.05) is 17.5 Å². The first-order valence-electron chi connectivity index (χ1n) is 12.6. The van der Waals surface area contributed by atoms with Gasteiger partial charge in [0.2, 0.25) is 5.28 Å². The lowest BCUT2D eigenvalue weighted by atomic mass is 9.96. The summed E-state index contributed by atoms with van der Waals surface area (Å²) in [5.74, 6) is -0.226. The zero-order valence-electron chi connectivity index (χ0n) is 21.2. The lowest BCUT2D eigenvalue weighted by Gasteiger charge is -2.15. The van der Waals surface area contributed by atoms with Gasteiger partial charge < -0.3 is 0 Å². The Morgan fingerprint density at radius 2 is 1.74 bits per heavy atom. The van der Waals surface area contributed by atoms with Crippen molar-refractivity contribution in [1.82, 2.24) is 19.7 Å². The SMILES string of the molecule is CCCCc1nc(Cl)n(-c2cccc(C)c2)c(=O)c1Cc1ccc(-c2ccccc2-c2noc(=O)[nH]2)cc1. The number of unbranched alkanes of at least 4 members (excludes halogenated alkanes) is 1. The minimum absolute atomic E-state index is 0.147. The Morgan fingerprint density at radius 1 is 0.974 bits per heavy atom. The zero-order chi connectivity index (χ0) is 26.6. The molecule has 2 heterocycles. The van der Waals surface area contributed by atoms with Gasteiger partial charge in [0.25, 0.3) is 5.56 Å². The van der Waals surface area contributed by atoms with Crippen molar-refractivity contribution >= 4 is 11.6 Å². The highest BCUT2D eigenvalue weighted by molar-refractivity contribution is 6.28. The third-order valence-electron chi connectivity index (χ3n) is 6.52. The molecular weight excluding hydrogens is 500 g/mol. The first-order valence-corrected chi connectivity index (χ1v) is 12.9. The predicted molar refractivity (Wildman–Crippen MR) is 149 cm³/mol. The van der Waals surface area contributed by atoms with Crippen LogP contribution in [0.25, 0.3) is 28.2 Å². The van der Waals surface area contributed by atoms with Crippen molar-refractivity contribution in [3.05, 3.63) is 121 Å². The molecule has 0 spiro atoms. The molecule has 0 atom stereocenters. The van der Waals surface area contributed by atoms with Gasteiger partial charge in [0.05, 0.1) is 11.4 Å². The Hall–Kier alpha value is -4.23. The van der Waals surface area contributed by atoms with Gasteiger partial charge in [-0.25, -0.2) is 9.78 Å². The fraction of sp³-hybridized carbons (Fsp3) is 0.200. The number of nitrogens with one attached hydrogen (secondary N) is 1. The van der Waals surface area contributed by atoms with Crippen LogP contribution in [0.4, 0.5) is 0 Å². The van der Waals surface area contributed by atoms with Crippen LogP contribution < -0.4 is 11.3 Å². The molecule has 8 heteroatoms. The number of halogens is 1. The second-order valence-electron chi connectivity index (χ2n) is 9.25. The summed E-state index contributed by atoms with van der Waals surface area (Å²) in [7, 11) is 0. The van der Waals surface area contributed by atoms with Crippen LogP contribution in [0.1, 0.15) is 42.1 Å². The predicted octanol–water partition coefficient (Wildman–Crippen LogP) is 6.14. The second kappa shape index (κ2) is 11.0. The molecule has 0 saturated heterocycles.